The Hall–Kier alpha value is -0.830. The summed E-state index contributed by atoms with van der Waals surface area (Å²) in [6.45, 7) is 6.71. The van der Waals surface area contributed by atoms with Gasteiger partial charge < -0.3 is 5.32 Å². The van der Waals surface area contributed by atoms with Gasteiger partial charge >= 0.3 is 0 Å². The lowest BCUT2D eigenvalue weighted by atomic mass is 10.1. The van der Waals surface area contributed by atoms with Gasteiger partial charge in [0.15, 0.2) is 0 Å². The Labute approximate surface area is 99.2 Å². The molecule has 1 N–H and O–H groups in total. The number of unbranched alkanes of at least 4 members (excludes halogenated alkanes) is 2. The van der Waals surface area contributed by atoms with Gasteiger partial charge in [-0.2, -0.15) is 5.10 Å². The minimum Gasteiger partial charge on any atom is -0.306 e. The lowest BCUT2D eigenvalue weighted by Crippen LogP contribution is -2.30. The molecule has 0 radical (unpaired) electrons. The Bertz CT molecular complexity index is 293. The third-order valence-corrected chi connectivity index (χ3v) is 3.08. The van der Waals surface area contributed by atoms with E-state index in [-0.39, 0.29) is 0 Å². The van der Waals surface area contributed by atoms with Gasteiger partial charge in [0.25, 0.3) is 0 Å². The average Bonchev–Trinajstić information content (AvgIpc) is 2.65. The topological polar surface area (TPSA) is 29.9 Å². The van der Waals surface area contributed by atoms with Gasteiger partial charge in [-0.25, -0.2) is 0 Å². The van der Waals surface area contributed by atoms with E-state index in [1.807, 2.05) is 17.9 Å². The van der Waals surface area contributed by atoms with Crippen LogP contribution < -0.4 is 5.32 Å². The SMILES string of the molecule is CCCCCC(C)NC(C)c1ccnn1C. The van der Waals surface area contributed by atoms with E-state index < -0.39 is 0 Å². The van der Waals surface area contributed by atoms with Crippen LogP contribution in [0.5, 0.6) is 0 Å². The van der Waals surface area contributed by atoms with E-state index in [1.165, 1.54) is 31.4 Å². The molecule has 3 nitrogen and oxygen atoms in total. The monoisotopic (exact) mass is 223 g/mol. The van der Waals surface area contributed by atoms with Gasteiger partial charge in [0, 0.05) is 25.3 Å². The molecule has 1 aromatic heterocycles. The summed E-state index contributed by atoms with van der Waals surface area (Å²) in [5.74, 6) is 0. The number of hydrogen-bond acceptors (Lipinski definition) is 2. The van der Waals surface area contributed by atoms with Crippen LogP contribution in [0, 0.1) is 0 Å². The van der Waals surface area contributed by atoms with Crippen molar-refractivity contribution in [2.75, 3.05) is 0 Å². The fourth-order valence-electron chi connectivity index (χ4n) is 2.10. The van der Waals surface area contributed by atoms with Gasteiger partial charge in [-0.1, -0.05) is 26.2 Å². The molecule has 0 spiro atoms. The van der Waals surface area contributed by atoms with Crippen molar-refractivity contribution in [2.24, 2.45) is 7.05 Å². The predicted molar refractivity (Wildman–Crippen MR) is 68.4 cm³/mol. The summed E-state index contributed by atoms with van der Waals surface area (Å²) in [4.78, 5) is 0. The van der Waals surface area contributed by atoms with E-state index >= 15 is 0 Å². The molecule has 0 aliphatic rings. The van der Waals surface area contributed by atoms with Gasteiger partial charge in [-0.15, -0.1) is 0 Å². The van der Waals surface area contributed by atoms with Crippen LogP contribution in [-0.2, 0) is 7.05 Å². The molecule has 0 amide bonds. The minimum atomic E-state index is 0.379. The second-order valence-corrected chi connectivity index (χ2v) is 4.66. The summed E-state index contributed by atoms with van der Waals surface area (Å²) in [6, 6.07) is 3.04. The zero-order valence-corrected chi connectivity index (χ0v) is 11.0. The van der Waals surface area contributed by atoms with Crippen molar-refractivity contribution in [3.05, 3.63) is 18.0 Å². The van der Waals surface area contributed by atoms with E-state index in [1.54, 1.807) is 0 Å². The van der Waals surface area contributed by atoms with Crippen molar-refractivity contribution in [1.82, 2.24) is 15.1 Å². The molecule has 2 unspecified atom stereocenters. The fourth-order valence-corrected chi connectivity index (χ4v) is 2.10. The Morgan fingerprint density at radius 3 is 2.69 bits per heavy atom. The first-order chi connectivity index (χ1) is 7.65. The van der Waals surface area contributed by atoms with Crippen molar-refractivity contribution in [2.45, 2.75) is 58.5 Å². The van der Waals surface area contributed by atoms with Crippen molar-refractivity contribution >= 4 is 0 Å². The number of nitrogens with one attached hydrogen (secondary N) is 1. The highest BCUT2D eigenvalue weighted by Crippen LogP contribution is 2.13. The van der Waals surface area contributed by atoms with Crippen molar-refractivity contribution in [3.63, 3.8) is 0 Å². The molecule has 3 heteroatoms. The fraction of sp³-hybridized carbons (Fsp3) is 0.769. The van der Waals surface area contributed by atoms with E-state index in [4.69, 9.17) is 0 Å². The average molecular weight is 223 g/mol. The van der Waals surface area contributed by atoms with Gasteiger partial charge in [-0.05, 0) is 26.3 Å². The zero-order chi connectivity index (χ0) is 12.0. The lowest BCUT2D eigenvalue weighted by Gasteiger charge is -2.20. The lowest BCUT2D eigenvalue weighted by molar-refractivity contribution is 0.426. The minimum absolute atomic E-state index is 0.379. The second kappa shape index (κ2) is 6.69. The summed E-state index contributed by atoms with van der Waals surface area (Å²) < 4.78 is 1.94. The quantitative estimate of drug-likeness (QED) is 0.720. The largest absolute Gasteiger partial charge is 0.306 e. The molecule has 0 aromatic carbocycles. The molecule has 16 heavy (non-hydrogen) atoms. The third kappa shape index (κ3) is 3.97. The first-order valence-electron chi connectivity index (χ1n) is 6.39. The summed E-state index contributed by atoms with van der Waals surface area (Å²) in [6.07, 6.45) is 7.07. The summed E-state index contributed by atoms with van der Waals surface area (Å²) in [7, 11) is 2.00. The van der Waals surface area contributed by atoms with Gasteiger partial charge in [-0.3, -0.25) is 4.68 Å². The van der Waals surface area contributed by atoms with Crippen LogP contribution >= 0.6 is 0 Å². The van der Waals surface area contributed by atoms with Gasteiger partial charge in [0.2, 0.25) is 0 Å². The molecule has 1 aromatic rings. The Morgan fingerprint density at radius 1 is 1.38 bits per heavy atom. The van der Waals surface area contributed by atoms with Crippen LogP contribution in [0.25, 0.3) is 0 Å². The van der Waals surface area contributed by atoms with E-state index in [2.05, 4.69) is 37.3 Å². The number of rotatable bonds is 7. The molecule has 0 fully saturated rings. The Kier molecular flexibility index (Phi) is 5.53. The van der Waals surface area contributed by atoms with Crippen LogP contribution in [0.15, 0.2) is 12.3 Å². The van der Waals surface area contributed by atoms with Crippen molar-refractivity contribution < 1.29 is 0 Å². The number of aryl methyl sites for hydroxylation is 1. The molecule has 92 valence electrons. The van der Waals surface area contributed by atoms with Crippen LogP contribution in [0.3, 0.4) is 0 Å². The highest BCUT2D eigenvalue weighted by atomic mass is 15.3. The molecular weight excluding hydrogens is 198 g/mol. The van der Waals surface area contributed by atoms with Crippen LogP contribution in [0.1, 0.15) is 58.2 Å². The maximum absolute atomic E-state index is 4.20. The first-order valence-corrected chi connectivity index (χ1v) is 6.39. The van der Waals surface area contributed by atoms with Gasteiger partial charge in [0.1, 0.15) is 0 Å². The van der Waals surface area contributed by atoms with E-state index in [9.17, 15) is 0 Å². The van der Waals surface area contributed by atoms with Gasteiger partial charge in [0.05, 0.1) is 5.69 Å². The predicted octanol–water partition coefficient (Wildman–Crippen LogP) is 3.04. The van der Waals surface area contributed by atoms with Crippen LogP contribution in [-0.4, -0.2) is 15.8 Å². The smallest absolute Gasteiger partial charge is 0.0547 e. The molecule has 1 heterocycles. The molecule has 1 rings (SSSR count). The number of aromatic nitrogens is 2. The molecule has 2 atom stereocenters. The zero-order valence-electron chi connectivity index (χ0n) is 11.0. The third-order valence-electron chi connectivity index (χ3n) is 3.08. The Balaban J connectivity index is 2.33. The van der Waals surface area contributed by atoms with E-state index in [0.717, 1.165) is 0 Å². The van der Waals surface area contributed by atoms with Crippen molar-refractivity contribution in [1.29, 1.82) is 0 Å². The highest BCUT2D eigenvalue weighted by molar-refractivity contribution is 5.05. The normalized spacial score (nSPS) is 15.0. The van der Waals surface area contributed by atoms with Crippen LogP contribution in [0.4, 0.5) is 0 Å². The number of nitrogens with zero attached hydrogens (tertiary/aromatic N) is 2. The first kappa shape index (κ1) is 13.2. The molecule has 0 saturated carbocycles. The second-order valence-electron chi connectivity index (χ2n) is 4.66. The standard InChI is InChI=1S/C13H25N3/c1-5-6-7-8-11(2)15-12(3)13-9-10-14-16(13)4/h9-12,15H,5-8H2,1-4H3. The maximum atomic E-state index is 4.20. The summed E-state index contributed by atoms with van der Waals surface area (Å²) in [5, 5.41) is 7.82. The number of hydrogen-bond donors (Lipinski definition) is 1. The maximum Gasteiger partial charge on any atom is 0.0547 e. The molecular formula is C13H25N3. The highest BCUT2D eigenvalue weighted by Gasteiger charge is 2.11. The van der Waals surface area contributed by atoms with Crippen molar-refractivity contribution in [3.8, 4) is 0 Å². The molecule has 0 saturated heterocycles. The molecule has 0 aliphatic carbocycles. The Morgan fingerprint density at radius 2 is 2.12 bits per heavy atom. The molecule has 0 bridgehead atoms. The van der Waals surface area contributed by atoms with E-state index in [0.29, 0.717) is 12.1 Å². The summed E-state index contributed by atoms with van der Waals surface area (Å²) in [5.41, 5.74) is 1.25. The molecule has 0 aliphatic heterocycles. The summed E-state index contributed by atoms with van der Waals surface area (Å²) >= 11 is 0. The van der Waals surface area contributed by atoms with Crippen LogP contribution in [0.2, 0.25) is 0 Å².